The van der Waals surface area contributed by atoms with Crippen LogP contribution in [0, 0.1) is 0 Å². The molecule has 0 aromatic rings. The van der Waals surface area contributed by atoms with Gasteiger partial charge in [0.1, 0.15) is 0 Å². The molecule has 0 aliphatic carbocycles. The zero-order chi connectivity index (χ0) is 16.8. The van der Waals surface area contributed by atoms with Gasteiger partial charge in [0.25, 0.3) is 0 Å². The van der Waals surface area contributed by atoms with Gasteiger partial charge in [-0.2, -0.15) is 0 Å². The van der Waals surface area contributed by atoms with E-state index in [1.807, 2.05) is 0 Å². The van der Waals surface area contributed by atoms with Crippen LogP contribution in [-0.4, -0.2) is 35.6 Å². The summed E-state index contributed by atoms with van der Waals surface area (Å²) in [6.45, 7) is 21.1. The van der Waals surface area contributed by atoms with Crippen molar-refractivity contribution in [2.75, 3.05) is 0 Å². The SMILES string of the molecule is CC(C)OC(C)CC(C)(C)OC(C)(C)CC(C)OC(C)C. The largest absolute Gasteiger partial charge is 0.376 e. The van der Waals surface area contributed by atoms with Crippen LogP contribution in [0.4, 0.5) is 0 Å². The molecule has 0 amide bonds. The highest BCUT2D eigenvalue weighted by atomic mass is 16.5. The van der Waals surface area contributed by atoms with Gasteiger partial charge >= 0.3 is 0 Å². The van der Waals surface area contributed by atoms with Crippen molar-refractivity contribution in [3.8, 4) is 0 Å². The molecule has 0 aromatic heterocycles. The molecule has 0 rings (SSSR count). The monoisotopic (exact) mass is 302 g/mol. The Bertz CT molecular complexity index is 254. The van der Waals surface area contributed by atoms with Gasteiger partial charge in [0.15, 0.2) is 0 Å². The molecule has 2 unspecified atom stereocenters. The fourth-order valence-electron chi connectivity index (χ4n) is 3.24. The van der Waals surface area contributed by atoms with Crippen LogP contribution in [-0.2, 0) is 14.2 Å². The van der Waals surface area contributed by atoms with Gasteiger partial charge in [0, 0.05) is 12.8 Å². The molecule has 0 bridgehead atoms. The fourth-order valence-corrected chi connectivity index (χ4v) is 3.24. The molecular formula is C18H38O3. The van der Waals surface area contributed by atoms with Gasteiger partial charge in [-0.15, -0.1) is 0 Å². The number of hydrogen-bond donors (Lipinski definition) is 0. The van der Waals surface area contributed by atoms with E-state index < -0.39 is 0 Å². The third-order valence-corrected chi connectivity index (χ3v) is 3.12. The van der Waals surface area contributed by atoms with Crippen LogP contribution >= 0.6 is 0 Å². The maximum atomic E-state index is 6.37. The zero-order valence-electron chi connectivity index (χ0n) is 15.9. The van der Waals surface area contributed by atoms with Gasteiger partial charge in [-0.3, -0.25) is 0 Å². The molecule has 0 fully saturated rings. The van der Waals surface area contributed by atoms with Gasteiger partial charge in [-0.1, -0.05) is 0 Å². The van der Waals surface area contributed by atoms with Gasteiger partial charge in [-0.25, -0.2) is 0 Å². The van der Waals surface area contributed by atoms with Gasteiger partial charge in [0.05, 0.1) is 35.6 Å². The minimum Gasteiger partial charge on any atom is -0.376 e. The first kappa shape index (κ1) is 20.9. The molecule has 3 heteroatoms. The average molecular weight is 302 g/mol. The Morgan fingerprint density at radius 3 is 1.14 bits per heavy atom. The Balaban J connectivity index is 4.45. The highest BCUT2D eigenvalue weighted by Gasteiger charge is 2.32. The van der Waals surface area contributed by atoms with E-state index in [9.17, 15) is 0 Å². The van der Waals surface area contributed by atoms with Crippen molar-refractivity contribution in [2.45, 2.75) is 118 Å². The second-order valence-corrected chi connectivity index (χ2v) is 8.02. The molecule has 2 atom stereocenters. The lowest BCUT2D eigenvalue weighted by Crippen LogP contribution is -2.41. The first-order chi connectivity index (χ1) is 9.33. The summed E-state index contributed by atoms with van der Waals surface area (Å²) >= 11 is 0. The van der Waals surface area contributed by atoms with E-state index in [0.717, 1.165) is 12.8 Å². The maximum Gasteiger partial charge on any atom is 0.0658 e. The second kappa shape index (κ2) is 8.50. The molecule has 0 saturated carbocycles. The molecule has 0 aromatic carbocycles. The molecule has 0 heterocycles. The highest BCUT2D eigenvalue weighted by molar-refractivity contribution is 4.81. The van der Waals surface area contributed by atoms with Crippen molar-refractivity contribution in [3.05, 3.63) is 0 Å². The smallest absolute Gasteiger partial charge is 0.0658 e. The summed E-state index contributed by atoms with van der Waals surface area (Å²) in [4.78, 5) is 0. The first-order valence-corrected chi connectivity index (χ1v) is 8.34. The van der Waals surface area contributed by atoms with Crippen molar-refractivity contribution >= 4 is 0 Å². The summed E-state index contributed by atoms with van der Waals surface area (Å²) in [7, 11) is 0. The number of ether oxygens (including phenoxy) is 3. The summed E-state index contributed by atoms with van der Waals surface area (Å²) in [5.41, 5.74) is -0.426. The molecular weight excluding hydrogens is 264 g/mol. The predicted octanol–water partition coefficient (Wildman–Crippen LogP) is 4.97. The molecule has 0 aliphatic rings. The number of hydrogen-bond acceptors (Lipinski definition) is 3. The van der Waals surface area contributed by atoms with Gasteiger partial charge in [-0.05, 0) is 69.2 Å². The molecule has 0 spiro atoms. The van der Waals surface area contributed by atoms with Crippen LogP contribution in [0.15, 0.2) is 0 Å². The molecule has 3 nitrogen and oxygen atoms in total. The van der Waals surface area contributed by atoms with Crippen molar-refractivity contribution in [1.29, 1.82) is 0 Å². The molecule has 0 N–H and O–H groups in total. The van der Waals surface area contributed by atoms with E-state index in [2.05, 4.69) is 69.2 Å². The summed E-state index contributed by atoms with van der Waals surface area (Å²) in [5, 5.41) is 0. The van der Waals surface area contributed by atoms with Crippen molar-refractivity contribution in [1.82, 2.24) is 0 Å². The van der Waals surface area contributed by atoms with Gasteiger partial charge < -0.3 is 14.2 Å². The lowest BCUT2D eigenvalue weighted by molar-refractivity contribution is -0.160. The minimum absolute atomic E-state index is 0.195. The third kappa shape index (κ3) is 11.1. The first-order valence-electron chi connectivity index (χ1n) is 8.34. The Labute approximate surface area is 132 Å². The zero-order valence-corrected chi connectivity index (χ0v) is 15.9. The third-order valence-electron chi connectivity index (χ3n) is 3.12. The van der Waals surface area contributed by atoms with Crippen LogP contribution in [0.1, 0.15) is 82.1 Å². The predicted molar refractivity (Wildman–Crippen MR) is 89.8 cm³/mol. The van der Waals surface area contributed by atoms with Crippen LogP contribution in [0.2, 0.25) is 0 Å². The quantitative estimate of drug-likeness (QED) is 0.570. The maximum absolute atomic E-state index is 6.37. The Kier molecular flexibility index (Phi) is 8.45. The normalized spacial score (nSPS) is 16.6. The van der Waals surface area contributed by atoms with E-state index >= 15 is 0 Å². The Morgan fingerprint density at radius 2 is 0.905 bits per heavy atom. The topological polar surface area (TPSA) is 27.7 Å². The molecule has 128 valence electrons. The lowest BCUT2D eigenvalue weighted by Gasteiger charge is -2.39. The second-order valence-electron chi connectivity index (χ2n) is 8.02. The molecule has 0 saturated heterocycles. The lowest BCUT2D eigenvalue weighted by atomic mass is 9.96. The summed E-state index contributed by atoms with van der Waals surface area (Å²) in [6.07, 6.45) is 2.66. The van der Waals surface area contributed by atoms with Crippen molar-refractivity contribution in [3.63, 3.8) is 0 Å². The van der Waals surface area contributed by atoms with Gasteiger partial charge in [0.2, 0.25) is 0 Å². The van der Waals surface area contributed by atoms with Crippen LogP contribution in [0.5, 0.6) is 0 Å². The Hall–Kier alpha value is -0.120. The standard InChI is InChI=1S/C18H38O3/c1-13(2)19-15(5)11-17(7,8)21-18(9,10)12-16(6)20-14(3)4/h13-16H,11-12H2,1-10H3. The molecule has 0 aliphatic heterocycles. The van der Waals surface area contributed by atoms with Crippen LogP contribution in [0.25, 0.3) is 0 Å². The summed E-state index contributed by atoms with van der Waals surface area (Å²) < 4.78 is 18.0. The number of rotatable bonds is 10. The average Bonchev–Trinajstić information content (AvgIpc) is 2.07. The van der Waals surface area contributed by atoms with E-state index in [1.54, 1.807) is 0 Å². The fraction of sp³-hybridized carbons (Fsp3) is 1.00. The van der Waals surface area contributed by atoms with Crippen molar-refractivity contribution < 1.29 is 14.2 Å². The van der Waals surface area contributed by atoms with Crippen LogP contribution < -0.4 is 0 Å². The van der Waals surface area contributed by atoms with E-state index in [4.69, 9.17) is 14.2 Å². The van der Waals surface area contributed by atoms with Crippen LogP contribution in [0.3, 0.4) is 0 Å². The van der Waals surface area contributed by atoms with E-state index in [-0.39, 0.29) is 35.6 Å². The van der Waals surface area contributed by atoms with E-state index in [0.29, 0.717) is 0 Å². The van der Waals surface area contributed by atoms with Crippen molar-refractivity contribution in [2.24, 2.45) is 0 Å². The Morgan fingerprint density at radius 1 is 0.619 bits per heavy atom. The minimum atomic E-state index is -0.213. The van der Waals surface area contributed by atoms with E-state index in [1.165, 1.54) is 0 Å². The highest BCUT2D eigenvalue weighted by Crippen LogP contribution is 2.29. The summed E-state index contributed by atoms with van der Waals surface area (Å²) in [6, 6.07) is 0. The molecule has 21 heavy (non-hydrogen) atoms. The molecule has 0 radical (unpaired) electrons. The summed E-state index contributed by atoms with van der Waals surface area (Å²) in [5.74, 6) is 0.